The van der Waals surface area contributed by atoms with Crippen molar-refractivity contribution in [3.63, 3.8) is 0 Å². The minimum atomic E-state index is -0.462. The molecule has 0 amide bonds. The van der Waals surface area contributed by atoms with E-state index in [1.807, 2.05) is 36.6 Å². The van der Waals surface area contributed by atoms with Crippen molar-refractivity contribution in [1.82, 2.24) is 9.55 Å². The van der Waals surface area contributed by atoms with Gasteiger partial charge in [0.25, 0.3) is 11.2 Å². The molecule has 0 bridgehead atoms. The molecule has 29 heavy (non-hydrogen) atoms. The van der Waals surface area contributed by atoms with E-state index in [0.717, 1.165) is 16.7 Å². The molecule has 0 atom stereocenters. The molecule has 4 rings (SSSR count). The van der Waals surface area contributed by atoms with E-state index in [1.165, 1.54) is 46.5 Å². The maximum Gasteiger partial charge on any atom is 0.269 e. The predicted octanol–water partition coefficient (Wildman–Crippen LogP) is 4.42. The fourth-order valence-electron chi connectivity index (χ4n) is 3.00. The molecule has 0 unspecified atom stereocenters. The lowest BCUT2D eigenvalue weighted by Gasteiger charge is -2.08. The topological polar surface area (TPSA) is 87.3 Å². The number of nitrogens with zero attached hydrogens (tertiary/aromatic N) is 3. The Morgan fingerprint density at radius 2 is 1.86 bits per heavy atom. The molecule has 0 saturated carbocycles. The number of benzene rings is 2. The number of aromatic nitrogens is 2. The first-order valence-corrected chi connectivity index (χ1v) is 9.82. The number of hydrogen-bond donors (Lipinski definition) is 0. The monoisotopic (exact) mass is 407 g/mol. The summed E-state index contributed by atoms with van der Waals surface area (Å²) in [4.78, 5) is 28.4. The van der Waals surface area contributed by atoms with E-state index in [9.17, 15) is 14.9 Å². The molecular weight excluding hydrogens is 390 g/mol. The van der Waals surface area contributed by atoms with Crippen molar-refractivity contribution in [1.29, 1.82) is 0 Å². The van der Waals surface area contributed by atoms with Crippen molar-refractivity contribution >= 4 is 27.2 Å². The molecule has 8 heteroatoms. The molecule has 2 aromatic carbocycles. The van der Waals surface area contributed by atoms with Crippen LogP contribution in [0.15, 0.2) is 65.0 Å². The first-order chi connectivity index (χ1) is 14.0. The maximum absolute atomic E-state index is 13.0. The Hall–Kier alpha value is -3.52. The SMILES string of the molecule is Cc1ccc(-c2csc3ncn(CCOc4ccc([N+](=O)[O-])cc4)c(=O)c23)cc1. The number of thiophene rings is 1. The second-order valence-corrected chi connectivity index (χ2v) is 7.40. The minimum absolute atomic E-state index is 0.00399. The zero-order valence-corrected chi connectivity index (χ0v) is 16.4. The van der Waals surface area contributed by atoms with E-state index in [0.29, 0.717) is 22.5 Å². The second-order valence-electron chi connectivity index (χ2n) is 6.54. The van der Waals surface area contributed by atoms with Crippen LogP contribution in [0, 0.1) is 17.0 Å². The van der Waals surface area contributed by atoms with Crippen molar-refractivity contribution in [2.24, 2.45) is 0 Å². The van der Waals surface area contributed by atoms with Gasteiger partial charge in [-0.25, -0.2) is 4.98 Å². The van der Waals surface area contributed by atoms with E-state index in [-0.39, 0.29) is 17.9 Å². The largest absolute Gasteiger partial charge is 0.492 e. The predicted molar refractivity (Wildman–Crippen MR) is 113 cm³/mol. The summed E-state index contributed by atoms with van der Waals surface area (Å²) in [7, 11) is 0. The molecule has 7 nitrogen and oxygen atoms in total. The summed E-state index contributed by atoms with van der Waals surface area (Å²) in [6.07, 6.45) is 1.53. The molecule has 0 N–H and O–H groups in total. The quantitative estimate of drug-likeness (QED) is 0.349. The lowest BCUT2D eigenvalue weighted by Crippen LogP contribution is -2.23. The zero-order chi connectivity index (χ0) is 20.4. The molecular formula is C21H17N3O4S. The highest BCUT2D eigenvalue weighted by Crippen LogP contribution is 2.30. The van der Waals surface area contributed by atoms with Gasteiger partial charge in [-0.05, 0) is 24.6 Å². The molecule has 0 aliphatic carbocycles. The molecule has 0 spiro atoms. The molecule has 2 aromatic heterocycles. The summed E-state index contributed by atoms with van der Waals surface area (Å²) in [5.74, 6) is 0.508. The molecule has 0 radical (unpaired) electrons. The molecule has 0 fully saturated rings. The summed E-state index contributed by atoms with van der Waals surface area (Å²) >= 11 is 1.45. The average molecular weight is 407 g/mol. The Morgan fingerprint density at radius 1 is 1.14 bits per heavy atom. The maximum atomic E-state index is 13.0. The van der Waals surface area contributed by atoms with Gasteiger partial charge in [-0.15, -0.1) is 11.3 Å². The van der Waals surface area contributed by atoms with Crippen LogP contribution in [0.1, 0.15) is 5.56 Å². The smallest absolute Gasteiger partial charge is 0.269 e. The van der Waals surface area contributed by atoms with Gasteiger partial charge in [0.2, 0.25) is 0 Å². The molecule has 4 aromatic rings. The lowest BCUT2D eigenvalue weighted by molar-refractivity contribution is -0.384. The van der Waals surface area contributed by atoms with Gasteiger partial charge in [0, 0.05) is 23.1 Å². The van der Waals surface area contributed by atoms with Crippen molar-refractivity contribution in [2.75, 3.05) is 6.61 Å². The molecule has 0 saturated heterocycles. The summed E-state index contributed by atoms with van der Waals surface area (Å²) in [5.41, 5.74) is 2.92. The number of hydrogen-bond acceptors (Lipinski definition) is 6. The van der Waals surface area contributed by atoms with Crippen LogP contribution < -0.4 is 10.3 Å². The summed E-state index contributed by atoms with van der Waals surface area (Å²) in [6.45, 7) is 2.59. The van der Waals surface area contributed by atoms with E-state index < -0.39 is 4.92 Å². The Kier molecular flexibility index (Phi) is 5.09. The van der Waals surface area contributed by atoms with Crippen LogP contribution in [0.5, 0.6) is 5.75 Å². The van der Waals surface area contributed by atoms with E-state index >= 15 is 0 Å². The first kappa shape index (κ1) is 18.8. The molecule has 2 heterocycles. The fourth-order valence-corrected chi connectivity index (χ4v) is 3.90. The standard InChI is InChI=1S/C21H17N3O4S/c1-14-2-4-15(5-3-14)18-12-29-20-19(18)21(25)23(13-22-20)10-11-28-17-8-6-16(7-9-17)24(26)27/h2-9,12-13H,10-11H2,1H3. The van der Waals surface area contributed by atoms with Gasteiger partial charge in [-0.1, -0.05) is 29.8 Å². The number of rotatable bonds is 6. The number of nitro groups is 1. The van der Waals surface area contributed by atoms with Crippen LogP contribution in [-0.4, -0.2) is 21.1 Å². The van der Waals surface area contributed by atoms with Gasteiger partial charge in [-0.3, -0.25) is 19.5 Å². The van der Waals surface area contributed by atoms with Gasteiger partial charge >= 0.3 is 0 Å². The van der Waals surface area contributed by atoms with E-state index in [2.05, 4.69) is 4.98 Å². The van der Waals surface area contributed by atoms with Gasteiger partial charge < -0.3 is 4.74 Å². The molecule has 146 valence electrons. The Bertz CT molecular complexity index is 1230. The van der Waals surface area contributed by atoms with Crippen LogP contribution >= 0.6 is 11.3 Å². The third-order valence-corrected chi connectivity index (χ3v) is 5.46. The highest BCUT2D eigenvalue weighted by atomic mass is 32.1. The number of fused-ring (bicyclic) bond motifs is 1. The number of non-ortho nitro benzene ring substituents is 1. The minimum Gasteiger partial charge on any atom is -0.492 e. The Labute approximate surface area is 170 Å². The zero-order valence-electron chi connectivity index (χ0n) is 15.6. The summed E-state index contributed by atoms with van der Waals surface area (Å²) in [5, 5.41) is 13.3. The van der Waals surface area contributed by atoms with Gasteiger partial charge in [0.05, 0.1) is 23.2 Å². The molecule has 0 aliphatic heterocycles. The highest BCUT2D eigenvalue weighted by Gasteiger charge is 2.13. The van der Waals surface area contributed by atoms with E-state index in [1.54, 1.807) is 0 Å². The van der Waals surface area contributed by atoms with Gasteiger partial charge in [-0.2, -0.15) is 0 Å². The highest BCUT2D eigenvalue weighted by molar-refractivity contribution is 7.17. The van der Waals surface area contributed by atoms with Crippen molar-refractivity contribution in [3.8, 4) is 16.9 Å². The van der Waals surface area contributed by atoms with Crippen LogP contribution in [0.25, 0.3) is 21.3 Å². The Balaban J connectivity index is 1.54. The molecule has 0 aliphatic rings. The Morgan fingerprint density at radius 3 is 2.55 bits per heavy atom. The van der Waals surface area contributed by atoms with Crippen LogP contribution in [-0.2, 0) is 6.54 Å². The van der Waals surface area contributed by atoms with Crippen molar-refractivity contribution in [2.45, 2.75) is 13.5 Å². The lowest BCUT2D eigenvalue weighted by atomic mass is 10.1. The van der Waals surface area contributed by atoms with Gasteiger partial charge in [0.1, 0.15) is 17.2 Å². The van der Waals surface area contributed by atoms with Crippen molar-refractivity contribution < 1.29 is 9.66 Å². The van der Waals surface area contributed by atoms with Crippen LogP contribution in [0.2, 0.25) is 0 Å². The van der Waals surface area contributed by atoms with Crippen LogP contribution in [0.4, 0.5) is 5.69 Å². The second kappa shape index (κ2) is 7.84. The number of nitro benzene ring substituents is 1. The summed E-state index contributed by atoms with van der Waals surface area (Å²) < 4.78 is 7.14. The van der Waals surface area contributed by atoms with Gasteiger partial charge in [0.15, 0.2) is 0 Å². The summed E-state index contributed by atoms with van der Waals surface area (Å²) in [6, 6.07) is 13.9. The number of ether oxygens (including phenoxy) is 1. The third kappa shape index (κ3) is 3.88. The third-order valence-electron chi connectivity index (χ3n) is 4.57. The average Bonchev–Trinajstić information content (AvgIpc) is 3.15. The fraction of sp³-hybridized carbons (Fsp3) is 0.143. The van der Waals surface area contributed by atoms with Crippen LogP contribution in [0.3, 0.4) is 0 Å². The number of aryl methyl sites for hydroxylation is 1. The van der Waals surface area contributed by atoms with Crippen molar-refractivity contribution in [3.05, 3.63) is 86.3 Å². The van der Waals surface area contributed by atoms with E-state index in [4.69, 9.17) is 4.74 Å². The first-order valence-electron chi connectivity index (χ1n) is 8.94. The normalized spacial score (nSPS) is 10.9.